The van der Waals surface area contributed by atoms with Gasteiger partial charge in [-0.1, -0.05) is 84.4 Å². The van der Waals surface area contributed by atoms with Crippen molar-refractivity contribution >= 4 is 56.8 Å². The van der Waals surface area contributed by atoms with E-state index in [4.69, 9.17) is 21.1 Å². The van der Waals surface area contributed by atoms with Crippen molar-refractivity contribution in [2.75, 3.05) is 29.7 Å². The standard InChI is InChI=1S/C40H37ClN2O6S2/c1-48-38-15-9-8-14-37(38)42(51(46,47)27-50)24-22-36-33(23-25-49-32-19-16-30(17-20-32)40(44)45)34-26-31(41)18-21-35(34)43(36)39(28-10-4-2-5-11-28)29-12-6-3-7-13-29/h2-21,26,39,50H,22-25,27H2,1H3,(H,44,45). The van der Waals surface area contributed by atoms with Crippen LogP contribution in [-0.2, 0) is 22.9 Å². The highest BCUT2D eigenvalue weighted by atomic mass is 35.5. The van der Waals surface area contributed by atoms with Gasteiger partial charge in [0.25, 0.3) is 0 Å². The van der Waals surface area contributed by atoms with E-state index in [0.717, 1.165) is 33.3 Å². The molecular formula is C40H37ClN2O6S2. The second-order valence-electron chi connectivity index (χ2n) is 11.8. The maximum Gasteiger partial charge on any atom is 0.335 e. The normalized spacial score (nSPS) is 11.5. The van der Waals surface area contributed by atoms with Crippen LogP contribution in [-0.4, -0.2) is 49.4 Å². The number of anilines is 1. The van der Waals surface area contributed by atoms with Gasteiger partial charge in [0.2, 0.25) is 10.0 Å². The molecule has 1 aromatic heterocycles. The lowest BCUT2D eigenvalue weighted by atomic mass is 9.97. The summed E-state index contributed by atoms with van der Waals surface area (Å²) in [6.45, 7) is 0.381. The number of fused-ring (bicyclic) bond motifs is 1. The Morgan fingerprint density at radius 1 is 0.863 bits per heavy atom. The number of ether oxygens (including phenoxy) is 2. The summed E-state index contributed by atoms with van der Waals surface area (Å²) in [6.07, 6.45) is 0.792. The fraction of sp³-hybridized carbons (Fsp3) is 0.175. The highest BCUT2D eigenvalue weighted by Gasteiger charge is 2.29. The quantitative estimate of drug-likeness (QED) is 0.103. The number of halogens is 1. The Bertz CT molecular complexity index is 2190. The summed E-state index contributed by atoms with van der Waals surface area (Å²) in [4.78, 5) is 11.4. The molecule has 0 radical (unpaired) electrons. The van der Waals surface area contributed by atoms with Crippen LogP contribution in [0.4, 0.5) is 5.69 Å². The number of hydrogen-bond donors (Lipinski definition) is 2. The first-order chi connectivity index (χ1) is 24.7. The molecule has 1 heterocycles. The SMILES string of the molecule is COc1ccccc1N(CCc1c(CCOc2ccc(C(=O)O)cc2)c2cc(Cl)ccc2n1C(c1ccccc1)c1ccccc1)S(=O)(=O)CS. The van der Waals surface area contributed by atoms with E-state index >= 15 is 0 Å². The molecule has 0 bridgehead atoms. The molecule has 0 fully saturated rings. The Balaban J connectivity index is 1.51. The predicted octanol–water partition coefficient (Wildman–Crippen LogP) is 8.53. The minimum Gasteiger partial charge on any atom is -0.495 e. The van der Waals surface area contributed by atoms with Gasteiger partial charge in [-0.25, -0.2) is 13.2 Å². The van der Waals surface area contributed by atoms with Gasteiger partial charge >= 0.3 is 5.97 Å². The molecule has 0 unspecified atom stereocenters. The first kappa shape index (κ1) is 35.9. The predicted molar refractivity (Wildman–Crippen MR) is 206 cm³/mol. The van der Waals surface area contributed by atoms with Gasteiger partial charge in [-0.15, -0.1) is 0 Å². The van der Waals surface area contributed by atoms with Crippen molar-refractivity contribution in [3.8, 4) is 11.5 Å². The lowest BCUT2D eigenvalue weighted by Gasteiger charge is -2.28. The van der Waals surface area contributed by atoms with Gasteiger partial charge in [-0.2, -0.15) is 12.6 Å². The number of hydrogen-bond acceptors (Lipinski definition) is 6. The van der Waals surface area contributed by atoms with Crippen molar-refractivity contribution in [3.05, 3.63) is 160 Å². The van der Waals surface area contributed by atoms with E-state index in [0.29, 0.717) is 35.1 Å². The number of sulfonamides is 1. The van der Waals surface area contributed by atoms with Gasteiger partial charge in [0, 0.05) is 41.0 Å². The molecule has 11 heteroatoms. The molecule has 0 saturated carbocycles. The van der Waals surface area contributed by atoms with Crippen LogP contribution < -0.4 is 13.8 Å². The number of carbonyl (C=O) groups is 1. The van der Waals surface area contributed by atoms with Gasteiger partial charge in [0.05, 0.1) is 31.0 Å². The molecule has 0 saturated heterocycles. The number of aromatic carboxylic acids is 1. The summed E-state index contributed by atoms with van der Waals surface area (Å²) in [5.41, 5.74) is 5.54. The maximum absolute atomic E-state index is 13.7. The highest BCUT2D eigenvalue weighted by molar-refractivity contribution is 8.04. The van der Waals surface area contributed by atoms with Gasteiger partial charge in [-0.05, 0) is 71.3 Å². The second kappa shape index (κ2) is 16.0. The van der Waals surface area contributed by atoms with Crippen LogP contribution in [0.25, 0.3) is 10.9 Å². The maximum atomic E-state index is 13.7. The first-order valence-corrected chi connectivity index (χ1v) is 19.0. The Kier molecular flexibility index (Phi) is 11.2. The van der Waals surface area contributed by atoms with Crippen LogP contribution in [0.2, 0.25) is 5.02 Å². The van der Waals surface area contributed by atoms with Gasteiger partial charge < -0.3 is 19.1 Å². The molecule has 0 spiro atoms. The second-order valence-corrected chi connectivity index (χ2v) is 14.9. The van der Waals surface area contributed by atoms with Crippen LogP contribution in [0.15, 0.2) is 127 Å². The molecule has 262 valence electrons. The number of para-hydroxylation sites is 2. The average Bonchev–Trinajstić information content (AvgIpc) is 3.44. The minimum absolute atomic E-state index is 0.105. The average molecular weight is 741 g/mol. The molecule has 51 heavy (non-hydrogen) atoms. The third kappa shape index (κ3) is 7.88. The van der Waals surface area contributed by atoms with E-state index in [9.17, 15) is 18.3 Å². The van der Waals surface area contributed by atoms with E-state index in [1.165, 1.54) is 23.5 Å². The van der Waals surface area contributed by atoms with Crippen LogP contribution in [0.1, 0.15) is 38.8 Å². The number of thiol groups is 1. The lowest BCUT2D eigenvalue weighted by Crippen LogP contribution is -2.34. The van der Waals surface area contributed by atoms with E-state index in [-0.39, 0.29) is 29.8 Å². The summed E-state index contributed by atoms with van der Waals surface area (Å²) in [6, 6.07) is 39.3. The monoisotopic (exact) mass is 740 g/mol. The molecule has 0 amide bonds. The number of aromatic nitrogens is 1. The van der Waals surface area contributed by atoms with Gasteiger partial charge in [-0.3, -0.25) is 4.31 Å². The number of carboxylic acids is 1. The van der Waals surface area contributed by atoms with Crippen molar-refractivity contribution < 1.29 is 27.8 Å². The van der Waals surface area contributed by atoms with Crippen LogP contribution >= 0.6 is 24.2 Å². The summed E-state index contributed by atoms with van der Waals surface area (Å²) in [7, 11) is -2.33. The van der Waals surface area contributed by atoms with Crippen molar-refractivity contribution in [1.29, 1.82) is 0 Å². The number of rotatable bonds is 15. The van der Waals surface area contributed by atoms with Crippen LogP contribution in [0.5, 0.6) is 11.5 Å². The molecular weight excluding hydrogens is 704 g/mol. The molecule has 0 aliphatic heterocycles. The van der Waals surface area contributed by atoms with Gasteiger partial charge in [0.1, 0.15) is 16.6 Å². The van der Waals surface area contributed by atoms with Crippen molar-refractivity contribution in [2.45, 2.75) is 18.9 Å². The molecule has 6 rings (SSSR count). The Morgan fingerprint density at radius 2 is 1.49 bits per heavy atom. The first-order valence-electron chi connectivity index (χ1n) is 16.3. The Labute approximate surface area is 308 Å². The van der Waals surface area contributed by atoms with E-state index in [1.54, 1.807) is 36.4 Å². The van der Waals surface area contributed by atoms with Crippen LogP contribution in [0, 0.1) is 0 Å². The van der Waals surface area contributed by atoms with Crippen LogP contribution in [0.3, 0.4) is 0 Å². The molecule has 5 aromatic carbocycles. The number of nitrogens with zero attached hydrogens (tertiary/aromatic N) is 2. The fourth-order valence-electron chi connectivity index (χ4n) is 6.50. The lowest BCUT2D eigenvalue weighted by molar-refractivity contribution is 0.0697. The minimum atomic E-state index is -3.85. The van der Waals surface area contributed by atoms with Crippen molar-refractivity contribution in [1.82, 2.24) is 4.57 Å². The van der Waals surface area contributed by atoms with Crippen molar-refractivity contribution in [3.63, 3.8) is 0 Å². The van der Waals surface area contributed by atoms with E-state index in [1.807, 2.05) is 54.6 Å². The topological polar surface area (TPSA) is 98.1 Å². The molecule has 8 nitrogen and oxygen atoms in total. The highest BCUT2D eigenvalue weighted by Crippen LogP contribution is 2.39. The molecule has 6 aromatic rings. The number of methoxy groups -OCH3 is 1. The van der Waals surface area contributed by atoms with Crippen molar-refractivity contribution in [2.24, 2.45) is 0 Å². The van der Waals surface area contributed by atoms with E-state index < -0.39 is 16.0 Å². The zero-order valence-corrected chi connectivity index (χ0v) is 30.3. The third-order valence-corrected chi connectivity index (χ3v) is 11.4. The zero-order chi connectivity index (χ0) is 36.0. The number of benzene rings is 5. The Hall–Kier alpha value is -4.90. The van der Waals surface area contributed by atoms with Gasteiger partial charge in [0.15, 0.2) is 0 Å². The summed E-state index contributed by atoms with van der Waals surface area (Å²) < 4.78 is 42.7. The Morgan fingerprint density at radius 3 is 2.10 bits per heavy atom. The fourth-order valence-corrected chi connectivity index (χ4v) is 8.05. The zero-order valence-electron chi connectivity index (χ0n) is 27.9. The molecule has 0 aliphatic rings. The summed E-state index contributed by atoms with van der Waals surface area (Å²) in [5, 5.41) is 10.4. The smallest absolute Gasteiger partial charge is 0.335 e. The molecule has 0 atom stereocenters. The largest absolute Gasteiger partial charge is 0.495 e. The van der Waals surface area contributed by atoms with E-state index in [2.05, 4.69) is 41.5 Å². The third-order valence-electron chi connectivity index (χ3n) is 8.80. The summed E-state index contributed by atoms with van der Waals surface area (Å²) >= 11 is 10.9. The molecule has 1 N–H and O–H groups in total. The number of carboxylic acid groups (broad SMARTS) is 1. The summed E-state index contributed by atoms with van der Waals surface area (Å²) in [5.74, 6) is -0.0366. The molecule has 0 aliphatic carbocycles.